The van der Waals surface area contributed by atoms with E-state index in [1.165, 1.54) is 18.2 Å². The van der Waals surface area contributed by atoms with Crippen LogP contribution < -0.4 is 5.73 Å². The minimum absolute atomic E-state index is 0.0198. The molecule has 7 nitrogen and oxygen atoms in total. The van der Waals surface area contributed by atoms with Crippen LogP contribution in [0.3, 0.4) is 0 Å². The Labute approximate surface area is 205 Å². The zero-order chi connectivity index (χ0) is 24.7. The van der Waals surface area contributed by atoms with E-state index in [1.54, 1.807) is 54.6 Å². The van der Waals surface area contributed by atoms with Crippen molar-refractivity contribution in [1.82, 2.24) is 0 Å². The molecule has 0 saturated heterocycles. The van der Waals surface area contributed by atoms with Gasteiger partial charge in [0.15, 0.2) is 5.57 Å². The third-order valence-corrected chi connectivity index (χ3v) is 5.30. The number of carbonyl (C=O) groups is 1. The SMILES string of the molecule is N#CC(C#N)=C(N)/C(C#N)=C/c1ccc(-c2ccc(Cl)c(C(=O)OCc3ccccc3Cl)c2)o1. The Morgan fingerprint density at radius 1 is 1.00 bits per heavy atom. The Morgan fingerprint density at radius 2 is 1.74 bits per heavy atom. The summed E-state index contributed by atoms with van der Waals surface area (Å²) in [5, 5.41) is 27.9. The van der Waals surface area contributed by atoms with Crippen molar-refractivity contribution >= 4 is 35.2 Å². The van der Waals surface area contributed by atoms with Gasteiger partial charge in [-0.3, -0.25) is 0 Å². The fourth-order valence-corrected chi connectivity index (χ4v) is 3.23. The topological polar surface area (TPSA) is 137 Å². The maximum absolute atomic E-state index is 12.6. The van der Waals surface area contributed by atoms with E-state index in [1.807, 2.05) is 6.07 Å². The number of nitriles is 3. The van der Waals surface area contributed by atoms with Crippen LogP contribution in [0.4, 0.5) is 0 Å². The molecule has 0 spiro atoms. The maximum atomic E-state index is 12.6. The fraction of sp³-hybridized carbons (Fsp3) is 0.0400. The Balaban J connectivity index is 1.85. The molecule has 1 heterocycles. The molecule has 0 aliphatic carbocycles. The summed E-state index contributed by atoms with van der Waals surface area (Å²) in [7, 11) is 0. The zero-order valence-electron chi connectivity index (χ0n) is 17.4. The Morgan fingerprint density at radius 3 is 2.41 bits per heavy atom. The second kappa shape index (κ2) is 10.9. The standard InChI is InChI=1S/C25H14Cl2N4O3/c26-21-4-2-1-3-16(21)14-33-25(32)20-10-15(5-7-22(20)27)23-8-6-19(34-23)9-17(11-28)24(31)18(12-29)13-30/h1-10H,14,31H2/b17-9+. The molecule has 0 unspecified atom stereocenters. The van der Waals surface area contributed by atoms with E-state index in [-0.39, 0.29) is 39.8 Å². The lowest BCUT2D eigenvalue weighted by Gasteiger charge is -2.09. The van der Waals surface area contributed by atoms with E-state index in [9.17, 15) is 10.1 Å². The smallest absolute Gasteiger partial charge is 0.340 e. The normalized spacial score (nSPS) is 10.5. The number of halogens is 2. The van der Waals surface area contributed by atoms with Gasteiger partial charge in [-0.05, 0) is 36.4 Å². The molecule has 3 rings (SSSR count). The summed E-state index contributed by atoms with van der Waals surface area (Å²) in [6, 6.07) is 20.0. The number of hydrogen-bond donors (Lipinski definition) is 1. The van der Waals surface area contributed by atoms with Crippen molar-refractivity contribution < 1.29 is 13.9 Å². The maximum Gasteiger partial charge on any atom is 0.340 e. The number of furan rings is 1. The number of benzene rings is 2. The van der Waals surface area contributed by atoms with E-state index < -0.39 is 5.97 Å². The van der Waals surface area contributed by atoms with E-state index >= 15 is 0 Å². The summed E-state index contributed by atoms with van der Waals surface area (Å²) in [4.78, 5) is 12.6. The average molecular weight is 489 g/mol. The van der Waals surface area contributed by atoms with Gasteiger partial charge in [-0.15, -0.1) is 0 Å². The molecular weight excluding hydrogens is 475 g/mol. The van der Waals surface area contributed by atoms with E-state index in [0.717, 1.165) is 0 Å². The van der Waals surface area contributed by atoms with Gasteiger partial charge in [0.1, 0.15) is 36.3 Å². The van der Waals surface area contributed by atoms with Crippen molar-refractivity contribution in [2.75, 3.05) is 0 Å². The second-order valence-corrected chi connectivity index (χ2v) is 7.56. The fourth-order valence-electron chi connectivity index (χ4n) is 2.85. The predicted octanol–water partition coefficient (Wildman–Crippen LogP) is 5.78. The molecule has 166 valence electrons. The van der Waals surface area contributed by atoms with Gasteiger partial charge in [0.25, 0.3) is 0 Å². The third-order valence-electron chi connectivity index (χ3n) is 4.60. The third kappa shape index (κ3) is 5.46. The number of allylic oxidation sites excluding steroid dienone is 2. The highest BCUT2D eigenvalue weighted by molar-refractivity contribution is 6.33. The molecule has 0 radical (unpaired) electrons. The van der Waals surface area contributed by atoms with Gasteiger partial charge in [-0.25, -0.2) is 4.79 Å². The van der Waals surface area contributed by atoms with Crippen LogP contribution in [0.15, 0.2) is 75.9 Å². The zero-order valence-corrected chi connectivity index (χ0v) is 18.9. The molecule has 3 aromatic rings. The Bertz CT molecular complexity index is 1430. The molecular formula is C25H14Cl2N4O3. The first kappa shape index (κ1) is 24.2. The predicted molar refractivity (Wildman–Crippen MR) is 126 cm³/mol. The van der Waals surface area contributed by atoms with Crippen molar-refractivity contribution in [3.63, 3.8) is 0 Å². The highest BCUT2D eigenvalue weighted by Crippen LogP contribution is 2.29. The molecule has 0 atom stereocenters. The molecule has 0 bridgehead atoms. The molecule has 1 aromatic heterocycles. The Kier molecular flexibility index (Phi) is 7.75. The van der Waals surface area contributed by atoms with E-state index in [0.29, 0.717) is 21.9 Å². The first-order valence-electron chi connectivity index (χ1n) is 9.60. The number of esters is 1. The van der Waals surface area contributed by atoms with Gasteiger partial charge in [0.2, 0.25) is 0 Å². The first-order chi connectivity index (χ1) is 16.4. The van der Waals surface area contributed by atoms with Gasteiger partial charge in [0, 0.05) is 22.2 Å². The molecule has 0 aliphatic rings. The summed E-state index contributed by atoms with van der Waals surface area (Å²) in [5.41, 5.74) is 6.34. The van der Waals surface area contributed by atoms with E-state index in [4.69, 9.17) is 48.6 Å². The highest BCUT2D eigenvalue weighted by Gasteiger charge is 2.16. The number of nitrogens with zero attached hydrogens (tertiary/aromatic N) is 3. The van der Waals surface area contributed by atoms with Crippen molar-refractivity contribution in [2.24, 2.45) is 5.73 Å². The van der Waals surface area contributed by atoms with Crippen LogP contribution in [-0.4, -0.2) is 5.97 Å². The summed E-state index contributed by atoms with van der Waals surface area (Å²) in [5.74, 6) is -0.00474. The van der Waals surface area contributed by atoms with Crippen LogP contribution in [0, 0.1) is 34.0 Å². The van der Waals surface area contributed by atoms with Crippen LogP contribution in [-0.2, 0) is 11.3 Å². The van der Waals surface area contributed by atoms with Gasteiger partial charge in [-0.2, -0.15) is 15.8 Å². The van der Waals surface area contributed by atoms with Crippen molar-refractivity contribution in [2.45, 2.75) is 6.61 Å². The number of carbonyl (C=O) groups excluding carboxylic acids is 1. The monoisotopic (exact) mass is 488 g/mol. The van der Waals surface area contributed by atoms with Crippen LogP contribution in [0.2, 0.25) is 10.0 Å². The van der Waals surface area contributed by atoms with E-state index in [2.05, 4.69) is 0 Å². The summed E-state index contributed by atoms with van der Waals surface area (Å²) in [6.45, 7) is -0.0198. The molecule has 0 fully saturated rings. The lowest BCUT2D eigenvalue weighted by Crippen LogP contribution is -2.06. The minimum Gasteiger partial charge on any atom is -0.457 e. The molecule has 2 aromatic carbocycles. The van der Waals surface area contributed by atoms with Gasteiger partial charge in [0.05, 0.1) is 21.9 Å². The van der Waals surface area contributed by atoms with Crippen molar-refractivity contribution in [3.8, 4) is 29.5 Å². The number of rotatable bonds is 6. The number of ether oxygens (including phenoxy) is 1. The quantitative estimate of drug-likeness (QED) is 0.263. The van der Waals surface area contributed by atoms with Gasteiger partial charge >= 0.3 is 5.97 Å². The summed E-state index contributed by atoms with van der Waals surface area (Å²) < 4.78 is 11.1. The highest BCUT2D eigenvalue weighted by atomic mass is 35.5. The van der Waals surface area contributed by atoms with Crippen molar-refractivity contribution in [1.29, 1.82) is 15.8 Å². The summed E-state index contributed by atoms with van der Waals surface area (Å²) >= 11 is 12.3. The van der Waals surface area contributed by atoms with Gasteiger partial charge in [-0.1, -0.05) is 41.4 Å². The number of hydrogen-bond acceptors (Lipinski definition) is 7. The molecule has 34 heavy (non-hydrogen) atoms. The minimum atomic E-state index is -0.636. The largest absolute Gasteiger partial charge is 0.457 e. The van der Waals surface area contributed by atoms with Crippen molar-refractivity contribution in [3.05, 3.63) is 98.4 Å². The second-order valence-electron chi connectivity index (χ2n) is 6.75. The first-order valence-corrected chi connectivity index (χ1v) is 10.4. The van der Waals surface area contributed by atoms with Crippen LogP contribution in [0.25, 0.3) is 17.4 Å². The lowest BCUT2D eigenvalue weighted by atomic mass is 10.1. The molecule has 0 saturated carbocycles. The average Bonchev–Trinajstić information content (AvgIpc) is 3.31. The lowest BCUT2D eigenvalue weighted by molar-refractivity contribution is 0.0473. The van der Waals surface area contributed by atoms with Gasteiger partial charge < -0.3 is 14.9 Å². The molecule has 0 aliphatic heterocycles. The summed E-state index contributed by atoms with van der Waals surface area (Å²) in [6.07, 6.45) is 1.31. The molecule has 0 amide bonds. The van der Waals surface area contributed by atoms with Crippen LogP contribution in [0.5, 0.6) is 0 Å². The van der Waals surface area contributed by atoms with Crippen LogP contribution in [0.1, 0.15) is 21.7 Å². The molecule has 2 N–H and O–H groups in total. The Hall–Kier alpha value is -4.48. The number of nitrogens with two attached hydrogens (primary N) is 1. The molecule has 9 heteroatoms. The van der Waals surface area contributed by atoms with Crippen LogP contribution >= 0.6 is 23.2 Å².